The average molecular weight is 444 g/mol. The molecule has 3 saturated heterocycles. The van der Waals surface area contributed by atoms with Crippen molar-refractivity contribution in [1.29, 1.82) is 0 Å². The smallest absolute Gasteiger partial charge is 0.316 e. The highest BCUT2D eigenvalue weighted by Crippen LogP contribution is 2.48. The van der Waals surface area contributed by atoms with Crippen LogP contribution >= 0.6 is 0 Å². The van der Waals surface area contributed by atoms with E-state index in [0.717, 1.165) is 18.9 Å². The largest absolute Gasteiger partial charge is 0.342 e. The number of ether oxygens (including phenoxy) is 1. The molecule has 1 aromatic heterocycles. The summed E-state index contributed by atoms with van der Waals surface area (Å²) < 4.78 is 38.9. The Kier molecular flexibility index (Phi) is 4.36. The molecule has 4 aliphatic rings. The monoisotopic (exact) mass is 444 g/mol. The van der Waals surface area contributed by atoms with Crippen molar-refractivity contribution in [3.63, 3.8) is 0 Å². The number of aromatic nitrogens is 2. The quantitative estimate of drug-likeness (QED) is 0.723. The fraction of sp³-hybridized carbons (Fsp3) is 0.545. The van der Waals surface area contributed by atoms with Crippen LogP contribution in [0.5, 0.6) is 0 Å². The number of likely N-dealkylation sites (tertiary alicyclic amines) is 1. The van der Waals surface area contributed by atoms with Gasteiger partial charge in [-0.25, -0.2) is 8.78 Å². The third-order valence-corrected chi connectivity index (χ3v) is 7.01. The summed E-state index contributed by atoms with van der Waals surface area (Å²) in [5.74, 6) is -0.977. The van der Waals surface area contributed by atoms with Gasteiger partial charge in [0.05, 0.1) is 6.04 Å². The minimum absolute atomic E-state index is 0.0182. The fourth-order valence-corrected chi connectivity index (χ4v) is 5.18. The number of benzene rings is 1. The number of piperidine rings is 1. The minimum Gasteiger partial charge on any atom is -0.342 e. The van der Waals surface area contributed by atoms with E-state index < -0.39 is 29.5 Å². The molecule has 0 bridgehead atoms. The molecular formula is C22H22F2N4O4. The fourth-order valence-electron chi connectivity index (χ4n) is 5.18. The molecule has 168 valence electrons. The topological polar surface area (TPSA) is 88.8 Å². The Labute approximate surface area is 182 Å². The van der Waals surface area contributed by atoms with Crippen molar-refractivity contribution in [2.24, 2.45) is 0 Å². The van der Waals surface area contributed by atoms with E-state index in [0.29, 0.717) is 56.1 Å². The maximum absolute atomic E-state index is 13.7. The van der Waals surface area contributed by atoms with Crippen LogP contribution in [0.3, 0.4) is 0 Å². The van der Waals surface area contributed by atoms with Crippen molar-refractivity contribution < 1.29 is 27.6 Å². The number of nitrogens with zero attached hydrogens (tertiary/aromatic N) is 4. The first kappa shape index (κ1) is 19.8. The maximum Gasteiger partial charge on any atom is 0.316 e. The van der Waals surface area contributed by atoms with Gasteiger partial charge in [0.2, 0.25) is 0 Å². The van der Waals surface area contributed by atoms with Crippen LogP contribution in [-0.4, -0.2) is 56.7 Å². The lowest BCUT2D eigenvalue weighted by molar-refractivity contribution is -0.142. The lowest BCUT2D eigenvalue weighted by Gasteiger charge is -2.37. The van der Waals surface area contributed by atoms with Crippen LogP contribution in [0.4, 0.5) is 8.78 Å². The molecule has 6 rings (SSSR count). The lowest BCUT2D eigenvalue weighted by atomic mass is 9.89. The van der Waals surface area contributed by atoms with Gasteiger partial charge in [-0.05, 0) is 43.4 Å². The second-order valence-corrected chi connectivity index (χ2v) is 9.10. The summed E-state index contributed by atoms with van der Waals surface area (Å²) in [6.07, 6.45) is 3.49. The second-order valence-electron chi connectivity index (χ2n) is 9.10. The summed E-state index contributed by atoms with van der Waals surface area (Å²) in [5, 5.41) is 3.89. The van der Waals surface area contributed by atoms with Crippen molar-refractivity contribution >= 4 is 11.8 Å². The van der Waals surface area contributed by atoms with E-state index >= 15 is 0 Å². The van der Waals surface area contributed by atoms with Crippen LogP contribution < -0.4 is 0 Å². The highest BCUT2D eigenvalue weighted by molar-refractivity contribution is 5.91. The van der Waals surface area contributed by atoms with Gasteiger partial charge < -0.3 is 19.1 Å². The Morgan fingerprint density at radius 3 is 2.47 bits per heavy atom. The Balaban J connectivity index is 1.16. The molecule has 2 aromatic rings. The first-order valence-corrected chi connectivity index (χ1v) is 11.0. The lowest BCUT2D eigenvalue weighted by Crippen LogP contribution is -2.51. The van der Waals surface area contributed by atoms with Crippen LogP contribution in [0.1, 0.15) is 72.6 Å². The molecule has 3 aliphatic heterocycles. The molecule has 0 radical (unpaired) electrons. The second kappa shape index (κ2) is 7.06. The first-order chi connectivity index (χ1) is 15.4. The predicted molar refractivity (Wildman–Crippen MR) is 104 cm³/mol. The van der Waals surface area contributed by atoms with Crippen LogP contribution in [0.25, 0.3) is 0 Å². The summed E-state index contributed by atoms with van der Waals surface area (Å²) >= 11 is 0. The van der Waals surface area contributed by atoms with Gasteiger partial charge >= 0.3 is 11.8 Å². The van der Waals surface area contributed by atoms with Gasteiger partial charge in [-0.2, -0.15) is 4.98 Å². The SMILES string of the molecule is O=C(c1nc(C2CC2)no1)N1CCC2(CC1)OC1CCC(c3cc(F)cc(F)c3)N1C2=O. The van der Waals surface area contributed by atoms with E-state index in [1.54, 1.807) is 9.80 Å². The summed E-state index contributed by atoms with van der Waals surface area (Å²) in [4.78, 5) is 33.6. The zero-order chi connectivity index (χ0) is 22.0. The molecule has 1 aromatic carbocycles. The number of fused-ring (bicyclic) bond motifs is 1. The van der Waals surface area contributed by atoms with E-state index in [9.17, 15) is 18.4 Å². The number of rotatable bonds is 3. The summed E-state index contributed by atoms with van der Waals surface area (Å²) in [6.45, 7) is 0.650. The molecule has 4 fully saturated rings. The number of carbonyl (C=O) groups is 2. The van der Waals surface area contributed by atoms with Crippen molar-refractivity contribution in [2.45, 2.75) is 62.3 Å². The van der Waals surface area contributed by atoms with Gasteiger partial charge in [0.25, 0.3) is 5.91 Å². The Morgan fingerprint density at radius 1 is 1.06 bits per heavy atom. The van der Waals surface area contributed by atoms with Gasteiger partial charge in [-0.1, -0.05) is 5.16 Å². The molecule has 2 unspecified atom stereocenters. The molecule has 0 N–H and O–H groups in total. The number of amides is 2. The minimum atomic E-state index is -1.01. The molecule has 8 nitrogen and oxygen atoms in total. The van der Waals surface area contributed by atoms with Crippen LogP contribution in [-0.2, 0) is 9.53 Å². The standard InChI is InChI=1S/C22H22F2N4O4/c23-14-9-13(10-15(24)11-14)16-3-4-17-28(16)21(30)22(31-17)5-7-27(8-6-22)20(29)19-25-18(26-32-19)12-1-2-12/h9-12,16-17H,1-8H2. The molecule has 2 atom stereocenters. The number of carbonyl (C=O) groups excluding carboxylic acids is 2. The molecule has 2 amide bonds. The maximum atomic E-state index is 13.7. The third kappa shape index (κ3) is 3.11. The van der Waals surface area contributed by atoms with Crippen LogP contribution in [0.15, 0.2) is 22.7 Å². The Hall–Kier alpha value is -2.88. The van der Waals surface area contributed by atoms with E-state index in [2.05, 4.69) is 10.1 Å². The van der Waals surface area contributed by atoms with Gasteiger partial charge in [-0.15, -0.1) is 0 Å². The summed E-state index contributed by atoms with van der Waals surface area (Å²) in [7, 11) is 0. The van der Waals surface area contributed by atoms with Gasteiger partial charge in [0, 0.05) is 37.9 Å². The van der Waals surface area contributed by atoms with Gasteiger partial charge in [0.1, 0.15) is 17.9 Å². The zero-order valence-corrected chi connectivity index (χ0v) is 17.3. The highest BCUT2D eigenvalue weighted by Gasteiger charge is 2.58. The van der Waals surface area contributed by atoms with E-state index in [1.807, 2.05) is 0 Å². The van der Waals surface area contributed by atoms with Crippen LogP contribution in [0, 0.1) is 11.6 Å². The van der Waals surface area contributed by atoms with Crippen molar-refractivity contribution in [1.82, 2.24) is 19.9 Å². The van der Waals surface area contributed by atoms with Crippen LogP contribution in [0.2, 0.25) is 0 Å². The number of hydrogen-bond acceptors (Lipinski definition) is 6. The zero-order valence-electron chi connectivity index (χ0n) is 17.3. The molecule has 32 heavy (non-hydrogen) atoms. The molecule has 10 heteroatoms. The molecule has 1 spiro atoms. The van der Waals surface area contributed by atoms with E-state index in [1.165, 1.54) is 12.1 Å². The van der Waals surface area contributed by atoms with E-state index in [4.69, 9.17) is 9.26 Å². The average Bonchev–Trinajstić information content (AvgIpc) is 3.25. The molecule has 4 heterocycles. The molecular weight excluding hydrogens is 422 g/mol. The van der Waals surface area contributed by atoms with Crippen molar-refractivity contribution in [2.75, 3.05) is 13.1 Å². The Bertz CT molecular complexity index is 1070. The van der Waals surface area contributed by atoms with Crippen molar-refractivity contribution in [3.05, 3.63) is 47.1 Å². The third-order valence-electron chi connectivity index (χ3n) is 7.01. The molecule has 1 saturated carbocycles. The van der Waals surface area contributed by atoms with Crippen molar-refractivity contribution in [3.8, 4) is 0 Å². The van der Waals surface area contributed by atoms with E-state index in [-0.39, 0.29) is 17.7 Å². The first-order valence-electron chi connectivity index (χ1n) is 11.0. The Morgan fingerprint density at radius 2 is 1.78 bits per heavy atom. The van der Waals surface area contributed by atoms with Gasteiger partial charge in [0.15, 0.2) is 11.4 Å². The molecule has 1 aliphatic carbocycles. The highest BCUT2D eigenvalue weighted by atomic mass is 19.1. The summed E-state index contributed by atoms with van der Waals surface area (Å²) in [5.41, 5.74) is -0.575. The van der Waals surface area contributed by atoms with Gasteiger partial charge in [-0.3, -0.25) is 9.59 Å². The number of hydrogen-bond donors (Lipinski definition) is 0. The predicted octanol–water partition coefficient (Wildman–Crippen LogP) is 2.92. The summed E-state index contributed by atoms with van der Waals surface area (Å²) in [6, 6.07) is 2.95. The number of halogens is 2. The normalized spacial score (nSPS) is 26.8.